The molecule has 0 aliphatic carbocycles. The number of nitrogens with zero attached hydrogens (tertiary/aromatic N) is 1. The molecular weight excluding hydrogens is 269 g/mol. The zero-order chi connectivity index (χ0) is 13.8. The van der Waals surface area contributed by atoms with Crippen molar-refractivity contribution >= 4 is 28.5 Å². The number of carbonyl (C=O) groups is 1. The Morgan fingerprint density at radius 3 is 2.63 bits per heavy atom. The van der Waals surface area contributed by atoms with E-state index in [2.05, 4.69) is 0 Å². The topological polar surface area (TPSA) is 57.6 Å². The fourth-order valence-electron chi connectivity index (χ4n) is 1.93. The fraction of sp³-hybridized carbons (Fsp3) is 0.308. The SMILES string of the molecule is O=C(O)/C=C/c1ccc(N2CCS(=O)CC2)c(F)c1. The van der Waals surface area contributed by atoms with Gasteiger partial charge in [-0.2, -0.15) is 0 Å². The summed E-state index contributed by atoms with van der Waals surface area (Å²) in [6.45, 7) is 1.15. The molecule has 0 saturated carbocycles. The van der Waals surface area contributed by atoms with E-state index < -0.39 is 16.8 Å². The van der Waals surface area contributed by atoms with Crippen molar-refractivity contribution in [3.05, 3.63) is 35.7 Å². The molecule has 0 atom stereocenters. The highest BCUT2D eigenvalue weighted by Gasteiger charge is 2.18. The number of halogens is 1. The Morgan fingerprint density at radius 2 is 2.05 bits per heavy atom. The van der Waals surface area contributed by atoms with E-state index in [1.807, 2.05) is 4.90 Å². The summed E-state index contributed by atoms with van der Waals surface area (Å²) in [4.78, 5) is 12.2. The first-order chi connectivity index (χ1) is 9.06. The van der Waals surface area contributed by atoms with Crippen LogP contribution in [0.4, 0.5) is 10.1 Å². The summed E-state index contributed by atoms with van der Waals surface area (Å²) in [5, 5.41) is 8.51. The monoisotopic (exact) mass is 283 g/mol. The van der Waals surface area contributed by atoms with Gasteiger partial charge in [0.1, 0.15) is 5.82 Å². The van der Waals surface area contributed by atoms with Crippen LogP contribution in [0.5, 0.6) is 0 Å². The molecule has 1 saturated heterocycles. The van der Waals surface area contributed by atoms with Gasteiger partial charge in [0.25, 0.3) is 0 Å². The summed E-state index contributed by atoms with van der Waals surface area (Å²) in [7, 11) is -0.795. The van der Waals surface area contributed by atoms with Crippen molar-refractivity contribution in [1.82, 2.24) is 0 Å². The molecule has 0 radical (unpaired) electrons. The Kier molecular flexibility index (Phi) is 4.31. The zero-order valence-electron chi connectivity index (χ0n) is 10.2. The molecule has 4 nitrogen and oxygen atoms in total. The first kappa shape index (κ1) is 13.7. The highest BCUT2D eigenvalue weighted by Crippen LogP contribution is 2.22. The van der Waals surface area contributed by atoms with Gasteiger partial charge in [-0.25, -0.2) is 9.18 Å². The van der Waals surface area contributed by atoms with Crippen molar-refractivity contribution in [1.29, 1.82) is 0 Å². The van der Waals surface area contributed by atoms with E-state index in [1.165, 1.54) is 12.1 Å². The molecule has 1 aliphatic rings. The van der Waals surface area contributed by atoms with Crippen LogP contribution in [0.15, 0.2) is 24.3 Å². The summed E-state index contributed by atoms with van der Waals surface area (Å²) >= 11 is 0. The second kappa shape index (κ2) is 5.97. The number of hydrogen-bond donors (Lipinski definition) is 1. The molecule has 0 bridgehead atoms. The Hall–Kier alpha value is -1.69. The maximum absolute atomic E-state index is 14.0. The van der Waals surface area contributed by atoms with E-state index in [0.717, 1.165) is 6.08 Å². The Bertz CT molecular complexity index is 535. The first-order valence-electron chi connectivity index (χ1n) is 5.87. The normalized spacial score (nSPS) is 17.0. The van der Waals surface area contributed by atoms with Gasteiger partial charge in [0.05, 0.1) is 5.69 Å². The van der Waals surface area contributed by atoms with Crippen LogP contribution in [0.2, 0.25) is 0 Å². The van der Waals surface area contributed by atoms with Crippen molar-refractivity contribution < 1.29 is 18.5 Å². The number of anilines is 1. The van der Waals surface area contributed by atoms with Gasteiger partial charge in [0, 0.05) is 41.5 Å². The third-order valence-corrected chi connectivity index (χ3v) is 4.18. The van der Waals surface area contributed by atoms with Crippen LogP contribution in [-0.4, -0.2) is 39.9 Å². The largest absolute Gasteiger partial charge is 0.478 e. The predicted molar refractivity (Wildman–Crippen MR) is 73.2 cm³/mol. The maximum atomic E-state index is 14.0. The molecule has 0 amide bonds. The van der Waals surface area contributed by atoms with Crippen molar-refractivity contribution in [3.63, 3.8) is 0 Å². The molecule has 1 N–H and O–H groups in total. The predicted octanol–water partition coefficient (Wildman–Crippen LogP) is 1.49. The first-order valence-corrected chi connectivity index (χ1v) is 7.35. The van der Waals surface area contributed by atoms with E-state index in [0.29, 0.717) is 35.8 Å². The Morgan fingerprint density at radius 1 is 1.37 bits per heavy atom. The summed E-state index contributed by atoms with van der Waals surface area (Å²) in [6, 6.07) is 4.61. The van der Waals surface area contributed by atoms with Crippen molar-refractivity contribution in [2.75, 3.05) is 29.5 Å². The van der Waals surface area contributed by atoms with Crippen LogP contribution in [0.1, 0.15) is 5.56 Å². The van der Waals surface area contributed by atoms with Gasteiger partial charge in [-0.1, -0.05) is 6.07 Å². The quantitative estimate of drug-likeness (QED) is 0.854. The van der Waals surface area contributed by atoms with Gasteiger partial charge in [0.2, 0.25) is 0 Å². The van der Waals surface area contributed by atoms with Gasteiger partial charge in [-0.15, -0.1) is 0 Å². The summed E-state index contributed by atoms with van der Waals surface area (Å²) in [6.07, 6.45) is 2.32. The highest BCUT2D eigenvalue weighted by atomic mass is 32.2. The van der Waals surface area contributed by atoms with Crippen LogP contribution >= 0.6 is 0 Å². The average molecular weight is 283 g/mol. The number of aliphatic carboxylic acids is 1. The van der Waals surface area contributed by atoms with Crippen molar-refractivity contribution in [2.24, 2.45) is 0 Å². The third-order valence-electron chi connectivity index (χ3n) is 2.91. The molecule has 1 aromatic carbocycles. The average Bonchev–Trinajstić information content (AvgIpc) is 2.38. The molecule has 0 spiro atoms. The van der Waals surface area contributed by atoms with E-state index in [-0.39, 0.29) is 5.82 Å². The molecule has 1 heterocycles. The lowest BCUT2D eigenvalue weighted by molar-refractivity contribution is -0.131. The lowest BCUT2D eigenvalue weighted by Crippen LogP contribution is -2.38. The van der Waals surface area contributed by atoms with E-state index in [1.54, 1.807) is 12.1 Å². The van der Waals surface area contributed by atoms with Crippen LogP contribution in [0.25, 0.3) is 6.08 Å². The minimum Gasteiger partial charge on any atom is -0.478 e. The Balaban J connectivity index is 2.15. The number of carboxylic acids is 1. The second-order valence-electron chi connectivity index (χ2n) is 4.22. The molecule has 0 aromatic heterocycles. The number of carboxylic acid groups (broad SMARTS) is 1. The van der Waals surface area contributed by atoms with E-state index in [4.69, 9.17) is 5.11 Å². The molecule has 102 valence electrons. The smallest absolute Gasteiger partial charge is 0.328 e. The fourth-order valence-corrected chi connectivity index (χ4v) is 2.98. The number of rotatable bonds is 3. The molecular formula is C13H14FNO3S. The third kappa shape index (κ3) is 3.64. The maximum Gasteiger partial charge on any atom is 0.328 e. The summed E-state index contributed by atoms with van der Waals surface area (Å²) in [5.41, 5.74) is 0.980. The standard InChI is InChI=1S/C13H14FNO3S/c14-11-9-10(2-4-13(16)17)1-3-12(11)15-5-7-19(18)8-6-15/h1-4,9H,5-8H2,(H,16,17)/b4-2+. The molecule has 1 fully saturated rings. The second-order valence-corrected chi connectivity index (χ2v) is 5.91. The lowest BCUT2D eigenvalue weighted by atomic mass is 10.1. The van der Waals surface area contributed by atoms with Crippen molar-refractivity contribution in [3.8, 4) is 0 Å². The van der Waals surface area contributed by atoms with Crippen molar-refractivity contribution in [2.45, 2.75) is 0 Å². The summed E-state index contributed by atoms with van der Waals surface area (Å²) in [5.74, 6) is -0.344. The molecule has 6 heteroatoms. The summed E-state index contributed by atoms with van der Waals surface area (Å²) < 4.78 is 25.2. The van der Waals surface area contributed by atoms with E-state index >= 15 is 0 Å². The zero-order valence-corrected chi connectivity index (χ0v) is 11.0. The Labute approximate surface area is 113 Å². The number of benzene rings is 1. The van der Waals surface area contributed by atoms with Gasteiger partial charge < -0.3 is 10.0 Å². The van der Waals surface area contributed by atoms with Crippen LogP contribution in [-0.2, 0) is 15.6 Å². The molecule has 1 aliphatic heterocycles. The van der Waals surface area contributed by atoms with Gasteiger partial charge in [-0.3, -0.25) is 4.21 Å². The van der Waals surface area contributed by atoms with Gasteiger partial charge in [0.15, 0.2) is 0 Å². The molecule has 2 rings (SSSR count). The van der Waals surface area contributed by atoms with Gasteiger partial charge >= 0.3 is 5.97 Å². The van der Waals surface area contributed by atoms with Crippen LogP contribution < -0.4 is 4.90 Å². The lowest BCUT2D eigenvalue weighted by Gasteiger charge is -2.28. The van der Waals surface area contributed by atoms with Gasteiger partial charge in [-0.05, 0) is 23.8 Å². The molecule has 0 unspecified atom stereocenters. The van der Waals surface area contributed by atoms with E-state index in [9.17, 15) is 13.4 Å². The van der Waals surface area contributed by atoms with Crippen LogP contribution in [0.3, 0.4) is 0 Å². The minimum atomic E-state index is -1.07. The number of hydrogen-bond acceptors (Lipinski definition) is 3. The van der Waals surface area contributed by atoms with Crippen LogP contribution in [0, 0.1) is 5.82 Å². The highest BCUT2D eigenvalue weighted by molar-refractivity contribution is 7.85. The molecule has 19 heavy (non-hydrogen) atoms. The minimum absolute atomic E-state index is 0.389. The molecule has 1 aromatic rings.